The van der Waals surface area contributed by atoms with Crippen molar-refractivity contribution in [2.75, 3.05) is 13.2 Å². The van der Waals surface area contributed by atoms with Gasteiger partial charge in [0.25, 0.3) is 0 Å². The number of hydrogen-bond donors (Lipinski definition) is 6. The molecule has 0 aromatic carbocycles. The molecule has 1 amide bonds. The molecule has 0 aliphatic carbocycles. The highest BCUT2D eigenvalue weighted by Crippen LogP contribution is 2.26. The van der Waals surface area contributed by atoms with Crippen LogP contribution in [0, 0.1) is 0 Å². The lowest BCUT2D eigenvalue weighted by Crippen LogP contribution is -2.61. The van der Waals surface area contributed by atoms with E-state index in [0.29, 0.717) is 19.3 Å². The molecule has 11 heteroatoms. The summed E-state index contributed by atoms with van der Waals surface area (Å²) in [7, 11) is 0. The zero-order valence-corrected chi connectivity index (χ0v) is 46.7. The lowest BCUT2D eigenvalue weighted by molar-refractivity contribution is -0.305. The van der Waals surface area contributed by atoms with Gasteiger partial charge < -0.3 is 45.1 Å². The van der Waals surface area contributed by atoms with Crippen molar-refractivity contribution in [1.29, 1.82) is 0 Å². The minimum atomic E-state index is -1.64. The van der Waals surface area contributed by atoms with Gasteiger partial charge in [-0.05, 0) is 103 Å². The van der Waals surface area contributed by atoms with Crippen molar-refractivity contribution in [3.05, 3.63) is 97.2 Å². The smallest absolute Gasteiger partial charge is 0.306 e. The quantitative estimate of drug-likeness (QED) is 0.0195. The fourth-order valence-corrected chi connectivity index (χ4v) is 8.47. The largest absolute Gasteiger partial charge is 0.454 e. The second-order valence-corrected chi connectivity index (χ2v) is 20.0. The van der Waals surface area contributed by atoms with E-state index >= 15 is 0 Å². The fourth-order valence-electron chi connectivity index (χ4n) is 8.47. The molecule has 6 N–H and O–H groups in total. The molecule has 8 unspecified atom stereocenters. The number of hydrogen-bond acceptors (Lipinski definition) is 10. The summed E-state index contributed by atoms with van der Waals surface area (Å²) < 4.78 is 17.5. The monoisotopic (exact) mass is 1040 g/mol. The zero-order chi connectivity index (χ0) is 54.0. The molecule has 1 fully saturated rings. The SMILES string of the molecule is CCCCC/C=C\C/C=C\C/C=C\C/C=C\CCCC(=O)OC1C(OCC(NC(=O)C(O)CCCCC/C=C\C/C=C\C/C=C\CCCCC)C(O)/C=C/CCCCCCCCCCCC)OC(CO)C(O)C1O. The van der Waals surface area contributed by atoms with E-state index in [0.717, 1.165) is 89.9 Å². The van der Waals surface area contributed by atoms with E-state index < -0.39 is 67.4 Å². The summed E-state index contributed by atoms with van der Waals surface area (Å²) in [6.07, 6.45) is 55.9. The normalized spacial score (nSPS) is 20.0. The van der Waals surface area contributed by atoms with Gasteiger partial charge in [0.05, 0.1) is 25.4 Å². The molecule has 0 spiro atoms. The maximum Gasteiger partial charge on any atom is 0.306 e. The molecule has 8 atom stereocenters. The summed E-state index contributed by atoms with van der Waals surface area (Å²) in [5, 5.41) is 56.8. The fraction of sp³-hybridized carbons (Fsp3) is 0.714. The molecule has 11 nitrogen and oxygen atoms in total. The number of unbranched alkanes of at least 4 members (excludes halogenated alkanes) is 20. The first-order valence-corrected chi connectivity index (χ1v) is 29.5. The van der Waals surface area contributed by atoms with E-state index in [1.54, 1.807) is 6.08 Å². The van der Waals surface area contributed by atoms with Crippen molar-refractivity contribution in [2.45, 2.75) is 275 Å². The molecule has 424 valence electrons. The first-order chi connectivity index (χ1) is 36.2. The standard InChI is InChI=1S/C63H107NO10/c1-4-7-10-13-16-19-22-25-27-29-31-33-36-39-42-45-48-51-58(68)74-61-60(70)59(69)57(52-65)73-63(61)72-53-54(55(66)49-46-43-40-37-34-24-21-18-15-12-9-6-3)64-62(71)56(67)50-47-44-41-38-35-32-30-28-26-23-20-17-14-11-8-5-2/h16-17,19-20,25-28,31-33,35,39,42,46,49,54-57,59-61,63,65-67,69-70H,4-15,18,21-24,29-30,34,36-38,40-41,43-45,47-48,50-53H2,1-3H3,(H,64,71)/b19-16-,20-17-,27-25-,28-26-,33-31-,35-32-,42-39-,49-46+. The van der Waals surface area contributed by atoms with Crippen LogP contribution in [0.4, 0.5) is 0 Å². The zero-order valence-electron chi connectivity index (χ0n) is 46.7. The Bertz CT molecular complexity index is 1570. The highest BCUT2D eigenvalue weighted by atomic mass is 16.7. The van der Waals surface area contributed by atoms with E-state index in [9.17, 15) is 35.1 Å². The third kappa shape index (κ3) is 38.2. The number of ether oxygens (including phenoxy) is 3. The molecule has 1 aliphatic rings. The number of allylic oxidation sites excluding steroid dienone is 15. The summed E-state index contributed by atoms with van der Waals surface area (Å²) in [6, 6.07) is -1.05. The Balaban J connectivity index is 2.78. The summed E-state index contributed by atoms with van der Waals surface area (Å²) in [5.41, 5.74) is 0. The Morgan fingerprint density at radius 2 is 0.932 bits per heavy atom. The van der Waals surface area contributed by atoms with Gasteiger partial charge in [-0.1, -0.05) is 214 Å². The molecule has 0 aromatic rings. The highest BCUT2D eigenvalue weighted by Gasteiger charge is 2.47. The molecule has 1 heterocycles. The molecular weight excluding hydrogens is 931 g/mol. The number of carbonyl (C=O) groups excluding carboxylic acids is 2. The van der Waals surface area contributed by atoms with Crippen molar-refractivity contribution in [1.82, 2.24) is 5.32 Å². The minimum Gasteiger partial charge on any atom is -0.454 e. The van der Waals surface area contributed by atoms with Crippen LogP contribution in [0.3, 0.4) is 0 Å². The Hall–Kier alpha value is -3.42. The highest BCUT2D eigenvalue weighted by molar-refractivity contribution is 5.80. The summed E-state index contributed by atoms with van der Waals surface area (Å²) in [5.74, 6) is -1.28. The van der Waals surface area contributed by atoms with Gasteiger partial charge in [0.2, 0.25) is 5.91 Å². The van der Waals surface area contributed by atoms with Crippen LogP contribution in [0.1, 0.15) is 226 Å². The molecule has 74 heavy (non-hydrogen) atoms. The topological polar surface area (TPSA) is 175 Å². The van der Waals surface area contributed by atoms with E-state index in [2.05, 4.69) is 99.0 Å². The number of aliphatic hydroxyl groups is 5. The van der Waals surface area contributed by atoms with Crippen LogP contribution in [0.15, 0.2) is 97.2 Å². The number of esters is 1. The number of carbonyl (C=O) groups is 2. The number of rotatable bonds is 48. The van der Waals surface area contributed by atoms with Gasteiger partial charge in [-0.3, -0.25) is 9.59 Å². The molecular formula is C63H107NO10. The number of aliphatic hydroxyl groups excluding tert-OH is 5. The van der Waals surface area contributed by atoms with Crippen LogP contribution in [0.25, 0.3) is 0 Å². The van der Waals surface area contributed by atoms with Crippen LogP contribution in [0.2, 0.25) is 0 Å². The van der Waals surface area contributed by atoms with E-state index in [1.165, 1.54) is 83.5 Å². The van der Waals surface area contributed by atoms with Crippen LogP contribution in [-0.4, -0.2) is 99.6 Å². The van der Waals surface area contributed by atoms with Crippen LogP contribution in [-0.2, 0) is 23.8 Å². The molecule has 0 aromatic heterocycles. The van der Waals surface area contributed by atoms with Gasteiger partial charge in [0.1, 0.15) is 24.4 Å². The lowest BCUT2D eigenvalue weighted by Gasteiger charge is -2.41. The minimum absolute atomic E-state index is 0.0402. The molecule has 0 radical (unpaired) electrons. The molecule has 0 bridgehead atoms. The average Bonchev–Trinajstić information content (AvgIpc) is 3.40. The Morgan fingerprint density at radius 3 is 1.42 bits per heavy atom. The van der Waals surface area contributed by atoms with Gasteiger partial charge in [0.15, 0.2) is 12.4 Å². The molecule has 1 saturated heterocycles. The third-order valence-electron chi connectivity index (χ3n) is 13.2. The lowest BCUT2D eigenvalue weighted by atomic mass is 9.99. The van der Waals surface area contributed by atoms with Crippen molar-refractivity contribution >= 4 is 11.9 Å². The maximum atomic E-state index is 13.4. The van der Waals surface area contributed by atoms with Gasteiger partial charge in [-0.25, -0.2) is 0 Å². The second-order valence-electron chi connectivity index (χ2n) is 20.0. The third-order valence-corrected chi connectivity index (χ3v) is 13.2. The Kier molecular flexibility index (Phi) is 46.7. The first kappa shape index (κ1) is 68.6. The first-order valence-electron chi connectivity index (χ1n) is 29.5. The van der Waals surface area contributed by atoms with E-state index in [1.807, 2.05) is 18.2 Å². The van der Waals surface area contributed by atoms with Gasteiger partial charge in [-0.2, -0.15) is 0 Å². The molecule has 1 aliphatic heterocycles. The maximum absolute atomic E-state index is 13.4. The summed E-state index contributed by atoms with van der Waals surface area (Å²) >= 11 is 0. The summed E-state index contributed by atoms with van der Waals surface area (Å²) in [6.45, 7) is 5.67. The van der Waals surface area contributed by atoms with E-state index in [4.69, 9.17) is 14.2 Å². The van der Waals surface area contributed by atoms with Crippen molar-refractivity contribution in [3.63, 3.8) is 0 Å². The van der Waals surface area contributed by atoms with Gasteiger partial charge in [-0.15, -0.1) is 0 Å². The second kappa shape index (κ2) is 50.4. The number of amides is 1. The summed E-state index contributed by atoms with van der Waals surface area (Å²) in [4.78, 5) is 26.5. The van der Waals surface area contributed by atoms with Crippen molar-refractivity contribution in [2.24, 2.45) is 0 Å². The van der Waals surface area contributed by atoms with Crippen molar-refractivity contribution < 1.29 is 49.3 Å². The molecule has 0 saturated carbocycles. The predicted molar refractivity (Wildman–Crippen MR) is 305 cm³/mol. The number of nitrogens with one attached hydrogen (secondary N) is 1. The van der Waals surface area contributed by atoms with Crippen LogP contribution in [0.5, 0.6) is 0 Å². The Labute approximate surface area is 450 Å². The van der Waals surface area contributed by atoms with Crippen LogP contribution >= 0.6 is 0 Å². The average molecular weight is 1040 g/mol. The van der Waals surface area contributed by atoms with Crippen molar-refractivity contribution in [3.8, 4) is 0 Å². The van der Waals surface area contributed by atoms with Gasteiger partial charge in [0, 0.05) is 6.42 Å². The van der Waals surface area contributed by atoms with E-state index in [-0.39, 0.29) is 19.4 Å². The Morgan fingerprint density at radius 1 is 0.527 bits per heavy atom. The molecule has 1 rings (SSSR count). The van der Waals surface area contributed by atoms with Gasteiger partial charge >= 0.3 is 5.97 Å². The predicted octanol–water partition coefficient (Wildman–Crippen LogP) is 13.6. The van der Waals surface area contributed by atoms with Crippen LogP contribution < -0.4 is 5.32 Å².